The number of alkyl carbamates (subject to hydrolysis) is 1. The van der Waals surface area contributed by atoms with Gasteiger partial charge in [0.05, 0.1) is 0 Å². The van der Waals surface area contributed by atoms with Gasteiger partial charge in [0.25, 0.3) is 0 Å². The second kappa shape index (κ2) is 9.77. The Morgan fingerprint density at radius 3 is 2.52 bits per heavy atom. The molecule has 1 aliphatic carbocycles. The molecule has 1 aliphatic rings. The van der Waals surface area contributed by atoms with Crippen molar-refractivity contribution in [2.45, 2.75) is 77.2 Å². The fraction of sp³-hybridized carbons (Fsp3) is 0.944. The molecule has 1 fully saturated rings. The van der Waals surface area contributed by atoms with E-state index in [4.69, 9.17) is 4.74 Å². The third kappa shape index (κ3) is 8.85. The van der Waals surface area contributed by atoms with Gasteiger partial charge in [-0.2, -0.15) is 11.8 Å². The highest BCUT2D eigenvalue weighted by Gasteiger charge is 2.23. The highest BCUT2D eigenvalue weighted by molar-refractivity contribution is 7.99. The molecule has 4 nitrogen and oxygen atoms in total. The molecular weight excluding hydrogens is 308 g/mol. The van der Waals surface area contributed by atoms with E-state index in [1.54, 1.807) is 0 Å². The number of carbonyl (C=O) groups excluding carboxylic acids is 1. The standard InChI is InChI=1S/C18H36N2O2S/c1-13(2)14(12-20-17(21)22-18(3,4)5)11-19-15-8-7-9-16(10-15)23-6/h13-16,19H,7-12H2,1-6H3,(H,20,21). The lowest BCUT2D eigenvalue weighted by molar-refractivity contribution is 0.0514. The number of rotatable bonds is 7. The molecule has 1 amide bonds. The number of hydrogen-bond acceptors (Lipinski definition) is 4. The van der Waals surface area contributed by atoms with E-state index in [-0.39, 0.29) is 6.09 Å². The van der Waals surface area contributed by atoms with Gasteiger partial charge >= 0.3 is 6.09 Å². The lowest BCUT2D eigenvalue weighted by Gasteiger charge is -2.31. The van der Waals surface area contributed by atoms with Gasteiger partial charge in [0.1, 0.15) is 5.60 Å². The zero-order valence-corrected chi connectivity index (χ0v) is 16.6. The Bertz CT molecular complexity index is 355. The molecule has 1 rings (SSSR count). The van der Waals surface area contributed by atoms with E-state index < -0.39 is 5.60 Å². The summed E-state index contributed by atoms with van der Waals surface area (Å²) in [6.07, 6.45) is 7.13. The number of carbonyl (C=O) groups is 1. The molecule has 0 aliphatic heterocycles. The van der Waals surface area contributed by atoms with Crippen LogP contribution in [0.2, 0.25) is 0 Å². The maximum absolute atomic E-state index is 11.8. The number of thioether (sulfide) groups is 1. The fourth-order valence-corrected chi connectivity index (χ4v) is 3.76. The second-order valence-corrected chi connectivity index (χ2v) is 9.15. The maximum atomic E-state index is 11.8. The van der Waals surface area contributed by atoms with Crippen LogP contribution in [0.15, 0.2) is 0 Å². The Morgan fingerprint density at radius 2 is 1.96 bits per heavy atom. The average molecular weight is 345 g/mol. The van der Waals surface area contributed by atoms with Gasteiger partial charge in [-0.3, -0.25) is 0 Å². The van der Waals surface area contributed by atoms with Gasteiger partial charge in [-0.05, 0) is 58.1 Å². The molecule has 3 atom stereocenters. The molecule has 0 spiro atoms. The predicted molar refractivity (Wildman–Crippen MR) is 100 cm³/mol. The normalized spacial score (nSPS) is 23.6. The molecule has 2 N–H and O–H groups in total. The van der Waals surface area contributed by atoms with E-state index in [2.05, 4.69) is 30.7 Å². The molecule has 3 unspecified atom stereocenters. The number of hydrogen-bond donors (Lipinski definition) is 2. The van der Waals surface area contributed by atoms with Gasteiger partial charge in [0, 0.05) is 24.4 Å². The van der Waals surface area contributed by atoms with E-state index in [1.165, 1.54) is 25.7 Å². The van der Waals surface area contributed by atoms with Crippen molar-refractivity contribution >= 4 is 17.9 Å². The Balaban J connectivity index is 2.36. The summed E-state index contributed by atoms with van der Waals surface area (Å²) >= 11 is 2.00. The first-order valence-electron chi connectivity index (χ1n) is 8.94. The van der Waals surface area contributed by atoms with E-state index in [1.807, 2.05) is 32.5 Å². The Hall–Kier alpha value is -0.420. The molecule has 1 saturated carbocycles. The first-order valence-corrected chi connectivity index (χ1v) is 10.2. The van der Waals surface area contributed by atoms with Crippen LogP contribution >= 0.6 is 11.8 Å². The quantitative estimate of drug-likeness (QED) is 0.731. The van der Waals surface area contributed by atoms with Gasteiger partial charge in [-0.1, -0.05) is 20.3 Å². The lowest BCUT2D eigenvalue weighted by Crippen LogP contribution is -2.43. The molecule has 0 aromatic rings. The number of amides is 1. The van der Waals surface area contributed by atoms with Crippen LogP contribution in [-0.2, 0) is 4.74 Å². The molecule has 0 radical (unpaired) electrons. The van der Waals surface area contributed by atoms with Crippen molar-refractivity contribution in [2.75, 3.05) is 19.3 Å². The first-order chi connectivity index (χ1) is 10.7. The molecule has 0 bridgehead atoms. The molecule has 5 heteroatoms. The van der Waals surface area contributed by atoms with Gasteiger partial charge in [-0.15, -0.1) is 0 Å². The van der Waals surface area contributed by atoms with Gasteiger partial charge in [0.15, 0.2) is 0 Å². The Labute approximate surface area is 146 Å². The van der Waals surface area contributed by atoms with Crippen LogP contribution < -0.4 is 10.6 Å². The summed E-state index contributed by atoms with van der Waals surface area (Å²) in [6.45, 7) is 11.7. The SMILES string of the molecule is CSC1CCCC(NCC(CNC(=O)OC(C)(C)C)C(C)C)C1. The van der Waals surface area contributed by atoms with Crippen LogP contribution in [0, 0.1) is 11.8 Å². The van der Waals surface area contributed by atoms with Crippen molar-refractivity contribution in [3.63, 3.8) is 0 Å². The van der Waals surface area contributed by atoms with Crippen molar-refractivity contribution in [2.24, 2.45) is 11.8 Å². The zero-order chi connectivity index (χ0) is 17.5. The van der Waals surface area contributed by atoms with Gasteiger partial charge < -0.3 is 15.4 Å². The van der Waals surface area contributed by atoms with Gasteiger partial charge in [0.2, 0.25) is 0 Å². The molecule has 0 aromatic heterocycles. The zero-order valence-electron chi connectivity index (χ0n) is 15.8. The van der Waals surface area contributed by atoms with E-state index in [0.29, 0.717) is 24.4 Å². The summed E-state index contributed by atoms with van der Waals surface area (Å²) in [5, 5.41) is 7.46. The highest BCUT2D eigenvalue weighted by atomic mass is 32.2. The second-order valence-electron chi connectivity index (χ2n) is 8.02. The van der Waals surface area contributed by atoms with Crippen LogP contribution in [0.3, 0.4) is 0 Å². The summed E-state index contributed by atoms with van der Waals surface area (Å²) < 4.78 is 5.32. The van der Waals surface area contributed by atoms with E-state index in [9.17, 15) is 4.79 Å². The molecular formula is C18H36N2O2S. The van der Waals surface area contributed by atoms with Crippen LogP contribution in [0.1, 0.15) is 60.3 Å². The summed E-state index contributed by atoms with van der Waals surface area (Å²) in [4.78, 5) is 11.8. The van der Waals surface area contributed by atoms with E-state index in [0.717, 1.165) is 11.8 Å². The predicted octanol–water partition coefficient (Wildman–Crippen LogP) is 4.05. The van der Waals surface area contributed by atoms with Crippen molar-refractivity contribution in [3.05, 3.63) is 0 Å². The minimum Gasteiger partial charge on any atom is -0.444 e. The average Bonchev–Trinajstić information content (AvgIpc) is 2.45. The van der Waals surface area contributed by atoms with Crippen molar-refractivity contribution in [1.82, 2.24) is 10.6 Å². The first kappa shape index (κ1) is 20.6. The molecule has 23 heavy (non-hydrogen) atoms. The minimum absolute atomic E-state index is 0.316. The summed E-state index contributed by atoms with van der Waals surface area (Å²) in [6, 6.07) is 0.629. The highest BCUT2D eigenvalue weighted by Crippen LogP contribution is 2.27. The number of ether oxygens (including phenoxy) is 1. The lowest BCUT2D eigenvalue weighted by atomic mass is 9.92. The third-order valence-corrected chi connectivity index (χ3v) is 5.57. The maximum Gasteiger partial charge on any atom is 0.407 e. The topological polar surface area (TPSA) is 50.4 Å². The minimum atomic E-state index is -0.440. The summed E-state index contributed by atoms with van der Waals surface area (Å²) in [5.41, 5.74) is -0.440. The molecule has 0 heterocycles. The van der Waals surface area contributed by atoms with Crippen molar-refractivity contribution < 1.29 is 9.53 Å². The Morgan fingerprint density at radius 1 is 1.26 bits per heavy atom. The number of nitrogens with one attached hydrogen (secondary N) is 2. The largest absolute Gasteiger partial charge is 0.444 e. The van der Waals surface area contributed by atoms with Crippen LogP contribution in [-0.4, -0.2) is 42.3 Å². The molecule has 0 aromatic carbocycles. The van der Waals surface area contributed by atoms with Crippen molar-refractivity contribution in [3.8, 4) is 0 Å². The fourth-order valence-electron chi connectivity index (χ4n) is 2.93. The van der Waals surface area contributed by atoms with Gasteiger partial charge in [-0.25, -0.2) is 4.79 Å². The van der Waals surface area contributed by atoms with Crippen LogP contribution in [0.5, 0.6) is 0 Å². The Kier molecular flexibility index (Phi) is 8.76. The summed E-state index contributed by atoms with van der Waals surface area (Å²) in [7, 11) is 0. The van der Waals surface area contributed by atoms with Crippen LogP contribution in [0.25, 0.3) is 0 Å². The summed E-state index contributed by atoms with van der Waals surface area (Å²) in [5.74, 6) is 0.953. The van der Waals surface area contributed by atoms with E-state index >= 15 is 0 Å². The van der Waals surface area contributed by atoms with Crippen molar-refractivity contribution in [1.29, 1.82) is 0 Å². The third-order valence-electron chi connectivity index (χ3n) is 4.48. The molecule has 0 saturated heterocycles. The smallest absolute Gasteiger partial charge is 0.407 e. The monoisotopic (exact) mass is 344 g/mol. The van der Waals surface area contributed by atoms with Crippen LogP contribution in [0.4, 0.5) is 4.79 Å². The molecule has 136 valence electrons.